The van der Waals surface area contributed by atoms with Gasteiger partial charge < -0.3 is 24.3 Å². The SMILES string of the molecule is COc1cc(C(=O)OCC(=O)NC(=O)Nc2ccc3c(c2)OCCO3)ccc1C. The molecule has 0 atom stereocenters. The Bertz CT molecular complexity index is 942. The van der Waals surface area contributed by atoms with Crippen LogP contribution in [0.2, 0.25) is 0 Å². The van der Waals surface area contributed by atoms with Crippen molar-refractivity contribution in [2.75, 3.05) is 32.2 Å². The Balaban J connectivity index is 1.49. The zero-order chi connectivity index (χ0) is 20.8. The van der Waals surface area contributed by atoms with E-state index in [1.54, 1.807) is 30.3 Å². The van der Waals surface area contributed by atoms with E-state index in [2.05, 4.69) is 10.6 Å². The number of carbonyl (C=O) groups is 3. The van der Waals surface area contributed by atoms with Gasteiger partial charge in [-0.1, -0.05) is 6.07 Å². The highest BCUT2D eigenvalue weighted by Crippen LogP contribution is 2.32. The van der Waals surface area contributed by atoms with Gasteiger partial charge in [-0.2, -0.15) is 0 Å². The van der Waals surface area contributed by atoms with Crippen LogP contribution in [0.15, 0.2) is 36.4 Å². The number of esters is 1. The number of hydrogen-bond acceptors (Lipinski definition) is 7. The lowest BCUT2D eigenvalue weighted by molar-refractivity contribution is -0.123. The Hall–Kier alpha value is -3.75. The van der Waals surface area contributed by atoms with Gasteiger partial charge in [0.25, 0.3) is 5.91 Å². The standard InChI is InChI=1S/C20H20N2O7/c1-12-3-4-13(9-16(12)26-2)19(24)29-11-18(23)22-20(25)21-14-5-6-15-17(10-14)28-8-7-27-15/h3-6,9-10H,7-8,11H2,1-2H3,(H2,21,22,23,25). The van der Waals surface area contributed by atoms with Gasteiger partial charge in [-0.15, -0.1) is 0 Å². The number of aryl methyl sites for hydroxylation is 1. The molecule has 0 spiro atoms. The van der Waals surface area contributed by atoms with Crippen molar-refractivity contribution in [1.82, 2.24) is 5.32 Å². The maximum absolute atomic E-state index is 12.1. The zero-order valence-electron chi connectivity index (χ0n) is 15.9. The van der Waals surface area contributed by atoms with E-state index in [0.717, 1.165) is 5.56 Å². The van der Waals surface area contributed by atoms with E-state index in [1.807, 2.05) is 6.92 Å². The number of ether oxygens (including phenoxy) is 4. The number of rotatable bonds is 5. The number of benzene rings is 2. The minimum Gasteiger partial charge on any atom is -0.496 e. The number of hydrogen-bond donors (Lipinski definition) is 2. The summed E-state index contributed by atoms with van der Waals surface area (Å²) >= 11 is 0. The van der Waals surface area contributed by atoms with E-state index >= 15 is 0 Å². The van der Waals surface area contributed by atoms with E-state index in [9.17, 15) is 14.4 Å². The number of urea groups is 1. The molecule has 0 saturated heterocycles. The van der Waals surface area contributed by atoms with Crippen LogP contribution in [0.4, 0.5) is 10.5 Å². The van der Waals surface area contributed by atoms with Crippen LogP contribution in [0.5, 0.6) is 17.2 Å². The number of imide groups is 1. The molecule has 1 heterocycles. The monoisotopic (exact) mass is 400 g/mol. The Morgan fingerprint density at radius 2 is 1.79 bits per heavy atom. The summed E-state index contributed by atoms with van der Waals surface area (Å²) < 4.78 is 20.9. The molecular weight excluding hydrogens is 380 g/mol. The topological polar surface area (TPSA) is 112 Å². The fourth-order valence-corrected chi connectivity index (χ4v) is 2.61. The van der Waals surface area contributed by atoms with E-state index in [1.165, 1.54) is 13.2 Å². The molecule has 2 aromatic rings. The fourth-order valence-electron chi connectivity index (χ4n) is 2.61. The highest BCUT2D eigenvalue weighted by atomic mass is 16.6. The van der Waals surface area contributed by atoms with Crippen LogP contribution in [0.3, 0.4) is 0 Å². The van der Waals surface area contributed by atoms with Crippen LogP contribution in [-0.2, 0) is 9.53 Å². The van der Waals surface area contributed by atoms with E-state index in [0.29, 0.717) is 36.1 Å². The summed E-state index contributed by atoms with van der Waals surface area (Å²) in [7, 11) is 1.49. The third-order valence-electron chi connectivity index (χ3n) is 4.03. The van der Waals surface area contributed by atoms with Gasteiger partial charge in [0.05, 0.1) is 12.7 Å². The molecular formula is C20H20N2O7. The zero-order valence-corrected chi connectivity index (χ0v) is 15.9. The summed E-state index contributed by atoms with van der Waals surface area (Å²) in [5.41, 5.74) is 1.52. The molecule has 0 aromatic heterocycles. The Morgan fingerprint density at radius 3 is 2.55 bits per heavy atom. The van der Waals surface area contributed by atoms with Crippen LogP contribution >= 0.6 is 0 Å². The van der Waals surface area contributed by atoms with E-state index in [-0.39, 0.29) is 5.56 Å². The Morgan fingerprint density at radius 1 is 1.03 bits per heavy atom. The van der Waals surface area contributed by atoms with Gasteiger partial charge in [-0.3, -0.25) is 10.1 Å². The van der Waals surface area contributed by atoms with Crippen molar-refractivity contribution >= 4 is 23.6 Å². The highest BCUT2D eigenvalue weighted by Gasteiger charge is 2.16. The summed E-state index contributed by atoms with van der Waals surface area (Å²) in [5.74, 6) is 0.140. The predicted molar refractivity (Wildman–Crippen MR) is 103 cm³/mol. The molecule has 9 heteroatoms. The van der Waals surface area contributed by atoms with Crippen molar-refractivity contribution < 1.29 is 33.3 Å². The molecule has 29 heavy (non-hydrogen) atoms. The van der Waals surface area contributed by atoms with Crippen molar-refractivity contribution in [3.63, 3.8) is 0 Å². The molecule has 0 fully saturated rings. The third kappa shape index (κ3) is 5.16. The van der Waals surface area contributed by atoms with E-state index < -0.39 is 24.5 Å². The predicted octanol–water partition coefficient (Wildman–Crippen LogP) is 2.28. The Labute approximate surface area is 166 Å². The van der Waals surface area contributed by atoms with Gasteiger partial charge in [0.1, 0.15) is 19.0 Å². The molecule has 2 N–H and O–H groups in total. The summed E-state index contributed by atoms with van der Waals surface area (Å²) in [6.07, 6.45) is 0. The molecule has 1 aliphatic rings. The van der Waals surface area contributed by atoms with Crippen LogP contribution in [0.25, 0.3) is 0 Å². The average molecular weight is 400 g/mol. The van der Waals surface area contributed by atoms with Crippen LogP contribution in [0.1, 0.15) is 15.9 Å². The quantitative estimate of drug-likeness (QED) is 0.741. The first kappa shape index (κ1) is 20.0. The number of carbonyl (C=O) groups excluding carboxylic acids is 3. The number of fused-ring (bicyclic) bond motifs is 1. The molecule has 9 nitrogen and oxygen atoms in total. The second kappa shape index (κ2) is 8.96. The molecule has 0 bridgehead atoms. The molecule has 0 saturated carbocycles. The first-order valence-electron chi connectivity index (χ1n) is 8.78. The van der Waals surface area contributed by atoms with Gasteiger partial charge in [-0.05, 0) is 36.8 Å². The molecule has 3 rings (SSSR count). The fraction of sp³-hybridized carbons (Fsp3) is 0.250. The van der Waals surface area contributed by atoms with Crippen molar-refractivity contribution in [2.45, 2.75) is 6.92 Å². The minimum absolute atomic E-state index is 0.237. The van der Waals surface area contributed by atoms with Crippen LogP contribution < -0.4 is 24.8 Å². The average Bonchev–Trinajstić information content (AvgIpc) is 2.72. The summed E-state index contributed by atoms with van der Waals surface area (Å²) in [5, 5.41) is 4.58. The Kier molecular flexibility index (Phi) is 6.18. The molecule has 3 amide bonds. The second-order valence-corrected chi connectivity index (χ2v) is 6.12. The smallest absolute Gasteiger partial charge is 0.338 e. The second-order valence-electron chi connectivity index (χ2n) is 6.12. The van der Waals surface area contributed by atoms with Crippen molar-refractivity contribution in [2.24, 2.45) is 0 Å². The first-order valence-corrected chi connectivity index (χ1v) is 8.78. The first-order chi connectivity index (χ1) is 14.0. The minimum atomic E-state index is -0.771. The van der Waals surface area contributed by atoms with Crippen molar-refractivity contribution in [3.05, 3.63) is 47.5 Å². The van der Waals surface area contributed by atoms with Gasteiger partial charge >= 0.3 is 12.0 Å². The molecule has 0 aliphatic carbocycles. The van der Waals surface area contributed by atoms with Crippen molar-refractivity contribution in [3.8, 4) is 17.2 Å². The summed E-state index contributed by atoms with van der Waals surface area (Å²) in [6.45, 7) is 2.10. The largest absolute Gasteiger partial charge is 0.496 e. The molecule has 152 valence electrons. The lowest BCUT2D eigenvalue weighted by Gasteiger charge is -2.19. The van der Waals surface area contributed by atoms with Crippen molar-refractivity contribution in [1.29, 1.82) is 0 Å². The maximum Gasteiger partial charge on any atom is 0.338 e. The maximum atomic E-state index is 12.1. The van der Waals surface area contributed by atoms with E-state index in [4.69, 9.17) is 18.9 Å². The van der Waals surface area contributed by atoms with Gasteiger partial charge in [0.15, 0.2) is 18.1 Å². The third-order valence-corrected chi connectivity index (χ3v) is 4.03. The normalized spacial score (nSPS) is 11.9. The van der Waals surface area contributed by atoms with Gasteiger partial charge in [0.2, 0.25) is 0 Å². The number of amides is 3. The molecule has 0 radical (unpaired) electrons. The van der Waals surface area contributed by atoms with Gasteiger partial charge in [-0.25, -0.2) is 9.59 Å². The molecule has 0 unspecified atom stereocenters. The summed E-state index contributed by atoms with van der Waals surface area (Å²) in [6, 6.07) is 8.88. The molecule has 2 aromatic carbocycles. The lowest BCUT2D eigenvalue weighted by atomic mass is 10.1. The van der Waals surface area contributed by atoms with Gasteiger partial charge in [0, 0.05) is 11.8 Å². The number of anilines is 1. The number of methoxy groups -OCH3 is 1. The lowest BCUT2D eigenvalue weighted by Crippen LogP contribution is -2.37. The summed E-state index contributed by atoms with van der Waals surface area (Å²) in [4.78, 5) is 35.9. The molecule has 1 aliphatic heterocycles. The van der Waals surface area contributed by atoms with Crippen LogP contribution in [-0.4, -0.2) is 44.8 Å². The number of nitrogens with one attached hydrogen (secondary N) is 2. The highest BCUT2D eigenvalue weighted by molar-refractivity contribution is 6.02. The van der Waals surface area contributed by atoms with Crippen LogP contribution in [0, 0.1) is 6.92 Å².